The zero-order chi connectivity index (χ0) is 8.10. The van der Waals surface area contributed by atoms with Crippen molar-refractivity contribution in [3.05, 3.63) is 0 Å². The minimum atomic E-state index is 0.404. The normalized spacial score (nSPS) is 24.8. The lowest BCUT2D eigenvalue weighted by Crippen LogP contribution is -2.08. The van der Waals surface area contributed by atoms with Crippen LogP contribution in [0.3, 0.4) is 0 Å². The van der Waals surface area contributed by atoms with Crippen molar-refractivity contribution >= 4 is 11.8 Å². The van der Waals surface area contributed by atoms with Gasteiger partial charge in [-0.15, -0.1) is 0 Å². The largest absolute Gasteiger partial charge is 0.379 e. The van der Waals surface area contributed by atoms with Crippen molar-refractivity contribution in [1.82, 2.24) is 0 Å². The van der Waals surface area contributed by atoms with Gasteiger partial charge in [0.1, 0.15) is 0 Å². The van der Waals surface area contributed by atoms with E-state index in [9.17, 15) is 0 Å². The second-order valence-electron chi connectivity index (χ2n) is 3.34. The van der Waals surface area contributed by atoms with Crippen LogP contribution in [0.4, 0.5) is 0 Å². The van der Waals surface area contributed by atoms with Crippen molar-refractivity contribution in [2.45, 2.75) is 44.5 Å². The van der Waals surface area contributed by atoms with Gasteiger partial charge in [-0.25, -0.2) is 0 Å². The van der Waals surface area contributed by atoms with Crippen LogP contribution in [0.15, 0.2) is 0 Å². The minimum Gasteiger partial charge on any atom is -0.379 e. The standard InChI is InChI=1S/C9H18OS/c1-8(2)10-6-5-9-4-3-7-11-9/h8-9H,3-7H2,1-2H3. The maximum atomic E-state index is 5.49. The minimum absolute atomic E-state index is 0.404. The first kappa shape index (κ1) is 9.40. The second kappa shape index (κ2) is 5.04. The molecule has 0 saturated carbocycles. The van der Waals surface area contributed by atoms with Crippen molar-refractivity contribution in [1.29, 1.82) is 0 Å². The lowest BCUT2D eigenvalue weighted by Gasteiger charge is -2.10. The summed E-state index contributed by atoms with van der Waals surface area (Å²) in [6, 6.07) is 0. The smallest absolute Gasteiger partial charge is 0.0518 e. The van der Waals surface area contributed by atoms with Crippen molar-refractivity contribution in [2.75, 3.05) is 12.4 Å². The van der Waals surface area contributed by atoms with Crippen LogP contribution in [-0.2, 0) is 4.74 Å². The third kappa shape index (κ3) is 4.02. The summed E-state index contributed by atoms with van der Waals surface area (Å²) in [4.78, 5) is 0. The Balaban J connectivity index is 1.94. The Bertz CT molecular complexity index is 97.7. The molecule has 1 atom stereocenters. The molecular weight excluding hydrogens is 156 g/mol. The van der Waals surface area contributed by atoms with Gasteiger partial charge in [-0.2, -0.15) is 11.8 Å². The fourth-order valence-electron chi connectivity index (χ4n) is 1.31. The summed E-state index contributed by atoms with van der Waals surface area (Å²) in [7, 11) is 0. The maximum Gasteiger partial charge on any atom is 0.0518 e. The average Bonchev–Trinajstić information content (AvgIpc) is 2.39. The van der Waals surface area contributed by atoms with Gasteiger partial charge in [0.25, 0.3) is 0 Å². The van der Waals surface area contributed by atoms with Crippen LogP contribution < -0.4 is 0 Å². The van der Waals surface area contributed by atoms with Gasteiger partial charge < -0.3 is 4.74 Å². The van der Waals surface area contributed by atoms with Crippen LogP contribution >= 0.6 is 11.8 Å². The zero-order valence-corrected chi connectivity index (χ0v) is 8.32. The van der Waals surface area contributed by atoms with E-state index in [1.54, 1.807) is 0 Å². The fourth-order valence-corrected chi connectivity index (χ4v) is 2.57. The van der Waals surface area contributed by atoms with E-state index in [2.05, 4.69) is 25.6 Å². The summed E-state index contributed by atoms with van der Waals surface area (Å²) in [5, 5.41) is 0.897. The fraction of sp³-hybridized carbons (Fsp3) is 1.00. The van der Waals surface area contributed by atoms with Crippen LogP contribution in [-0.4, -0.2) is 23.7 Å². The Labute approximate surface area is 73.9 Å². The third-order valence-corrected chi connectivity index (χ3v) is 3.38. The molecule has 1 saturated heterocycles. The van der Waals surface area contributed by atoms with Crippen molar-refractivity contribution < 1.29 is 4.74 Å². The van der Waals surface area contributed by atoms with Crippen LogP contribution in [0.1, 0.15) is 33.1 Å². The predicted molar refractivity (Wildman–Crippen MR) is 51.2 cm³/mol. The molecule has 1 fully saturated rings. The molecule has 0 radical (unpaired) electrons. The third-order valence-electron chi connectivity index (χ3n) is 1.92. The van der Waals surface area contributed by atoms with E-state index in [1.165, 1.54) is 25.0 Å². The summed E-state index contributed by atoms with van der Waals surface area (Å²) in [6.45, 7) is 5.15. The maximum absolute atomic E-state index is 5.49. The molecule has 1 nitrogen and oxygen atoms in total. The predicted octanol–water partition coefficient (Wildman–Crippen LogP) is 2.70. The van der Waals surface area contributed by atoms with Crippen molar-refractivity contribution in [3.63, 3.8) is 0 Å². The van der Waals surface area contributed by atoms with Gasteiger partial charge in [0.05, 0.1) is 6.10 Å². The highest BCUT2D eigenvalue weighted by molar-refractivity contribution is 8.00. The SMILES string of the molecule is CC(C)OCCC1CCCS1. The highest BCUT2D eigenvalue weighted by Crippen LogP contribution is 2.28. The van der Waals surface area contributed by atoms with E-state index < -0.39 is 0 Å². The Hall–Kier alpha value is 0.310. The molecule has 0 aliphatic carbocycles. The number of rotatable bonds is 4. The molecular formula is C9H18OS. The molecule has 0 aromatic rings. The molecule has 1 unspecified atom stereocenters. The summed E-state index contributed by atoms with van der Waals surface area (Å²) in [6.07, 6.45) is 4.48. The molecule has 1 aliphatic rings. The van der Waals surface area contributed by atoms with E-state index in [4.69, 9.17) is 4.74 Å². The summed E-state index contributed by atoms with van der Waals surface area (Å²) in [5.74, 6) is 1.37. The first-order valence-corrected chi connectivity index (χ1v) is 5.57. The van der Waals surface area contributed by atoms with E-state index >= 15 is 0 Å². The first-order chi connectivity index (χ1) is 5.29. The lowest BCUT2D eigenvalue weighted by molar-refractivity contribution is 0.0768. The van der Waals surface area contributed by atoms with Crippen molar-refractivity contribution in [3.8, 4) is 0 Å². The van der Waals surface area contributed by atoms with Gasteiger partial charge in [0.2, 0.25) is 0 Å². The summed E-state index contributed by atoms with van der Waals surface area (Å²) >= 11 is 2.11. The first-order valence-electron chi connectivity index (χ1n) is 4.52. The number of thioether (sulfide) groups is 1. The quantitative estimate of drug-likeness (QED) is 0.648. The Morgan fingerprint density at radius 2 is 2.36 bits per heavy atom. The van der Waals surface area contributed by atoms with E-state index in [1.807, 2.05) is 0 Å². The topological polar surface area (TPSA) is 9.23 Å². The van der Waals surface area contributed by atoms with Crippen molar-refractivity contribution in [2.24, 2.45) is 0 Å². The molecule has 0 spiro atoms. The number of ether oxygens (including phenoxy) is 1. The summed E-state index contributed by atoms with van der Waals surface area (Å²) < 4.78 is 5.49. The Kier molecular flexibility index (Phi) is 4.31. The van der Waals surface area contributed by atoms with Gasteiger partial charge in [0.15, 0.2) is 0 Å². The molecule has 0 N–H and O–H groups in total. The van der Waals surface area contributed by atoms with Crippen LogP contribution in [0.2, 0.25) is 0 Å². The molecule has 11 heavy (non-hydrogen) atoms. The number of hydrogen-bond acceptors (Lipinski definition) is 2. The van der Waals surface area contributed by atoms with E-state index in [-0.39, 0.29) is 0 Å². The molecule has 1 heterocycles. The Morgan fingerprint density at radius 3 is 2.91 bits per heavy atom. The highest BCUT2D eigenvalue weighted by Gasteiger charge is 2.14. The van der Waals surface area contributed by atoms with Crippen LogP contribution in [0.25, 0.3) is 0 Å². The molecule has 0 amide bonds. The van der Waals surface area contributed by atoms with Gasteiger partial charge in [-0.1, -0.05) is 0 Å². The molecule has 0 aromatic heterocycles. The molecule has 1 rings (SSSR count). The lowest BCUT2D eigenvalue weighted by atomic mass is 10.2. The van der Waals surface area contributed by atoms with Crippen LogP contribution in [0.5, 0.6) is 0 Å². The monoisotopic (exact) mass is 174 g/mol. The van der Waals surface area contributed by atoms with Crippen LogP contribution in [0, 0.1) is 0 Å². The second-order valence-corrected chi connectivity index (χ2v) is 4.75. The van der Waals surface area contributed by atoms with E-state index in [0.717, 1.165) is 11.9 Å². The zero-order valence-electron chi connectivity index (χ0n) is 7.51. The highest BCUT2D eigenvalue weighted by atomic mass is 32.2. The average molecular weight is 174 g/mol. The van der Waals surface area contributed by atoms with Gasteiger partial charge in [-0.3, -0.25) is 0 Å². The molecule has 1 aliphatic heterocycles. The number of hydrogen-bond donors (Lipinski definition) is 0. The van der Waals surface area contributed by atoms with E-state index in [0.29, 0.717) is 6.10 Å². The molecule has 0 aromatic carbocycles. The van der Waals surface area contributed by atoms with Gasteiger partial charge in [-0.05, 0) is 38.9 Å². The summed E-state index contributed by atoms with van der Waals surface area (Å²) in [5.41, 5.74) is 0. The Morgan fingerprint density at radius 1 is 1.55 bits per heavy atom. The molecule has 0 bridgehead atoms. The molecule has 2 heteroatoms. The molecule has 66 valence electrons. The van der Waals surface area contributed by atoms with Gasteiger partial charge >= 0.3 is 0 Å². The van der Waals surface area contributed by atoms with Gasteiger partial charge in [0, 0.05) is 11.9 Å².